The van der Waals surface area contributed by atoms with Crippen molar-refractivity contribution in [3.05, 3.63) is 147 Å². The molecular formula is C41H29ClN4O5. The highest BCUT2D eigenvalue weighted by Gasteiger charge is 2.28. The van der Waals surface area contributed by atoms with Gasteiger partial charge in [0.15, 0.2) is 0 Å². The zero-order chi connectivity index (χ0) is 35.1. The number of pyridine rings is 2. The number of hydrogen-bond acceptors (Lipinski definition) is 9. The van der Waals surface area contributed by atoms with E-state index >= 15 is 0 Å². The summed E-state index contributed by atoms with van der Waals surface area (Å²) in [6.45, 7) is 0.200. The number of halogens is 1. The Morgan fingerprint density at radius 3 is 2.08 bits per heavy atom. The molecule has 9 nitrogen and oxygen atoms in total. The van der Waals surface area contributed by atoms with Gasteiger partial charge in [-0.3, -0.25) is 14.8 Å². The number of nitrogens with zero attached hydrogens (tertiary/aromatic N) is 2. The van der Waals surface area contributed by atoms with Crippen LogP contribution < -0.4 is 16.1 Å². The number of para-hydroxylation sites is 2. The molecule has 0 spiro atoms. The molecule has 2 aliphatic rings. The van der Waals surface area contributed by atoms with Crippen LogP contribution in [0.2, 0.25) is 5.02 Å². The average molecular weight is 693 g/mol. The van der Waals surface area contributed by atoms with Gasteiger partial charge in [-0.2, -0.15) is 0 Å². The minimum Gasteiger partial charge on any atom is -0.507 e. The lowest BCUT2D eigenvalue weighted by atomic mass is 9.88. The summed E-state index contributed by atoms with van der Waals surface area (Å²) in [5, 5.41) is 20.6. The van der Waals surface area contributed by atoms with Crippen LogP contribution in [-0.2, 0) is 17.8 Å². The predicted octanol–water partition coefficient (Wildman–Crippen LogP) is 9.03. The van der Waals surface area contributed by atoms with Gasteiger partial charge < -0.3 is 24.9 Å². The monoisotopic (exact) mass is 692 g/mol. The Hall–Kier alpha value is -6.45. The van der Waals surface area contributed by atoms with Gasteiger partial charge in [0.05, 0.1) is 51.2 Å². The summed E-state index contributed by atoms with van der Waals surface area (Å²) in [5.41, 5.74) is 5.60. The molecule has 0 atom stereocenters. The molecule has 8 rings (SSSR count). The lowest BCUT2D eigenvalue weighted by Crippen LogP contribution is -2.17. The van der Waals surface area contributed by atoms with Crippen LogP contribution in [0.4, 0.5) is 11.4 Å². The molecule has 4 aromatic carbocycles. The highest BCUT2D eigenvalue weighted by atomic mass is 35.5. The second kappa shape index (κ2) is 13.1. The fourth-order valence-corrected chi connectivity index (χ4v) is 6.84. The molecule has 0 fully saturated rings. The van der Waals surface area contributed by atoms with Gasteiger partial charge in [0.2, 0.25) is 5.43 Å². The maximum atomic E-state index is 13.9. The number of anilines is 2. The standard InChI is InChI=1S/C41H29ClN4O5/c1-50-41(49)26-13-3-2-12-25(26)35-27-16-17-34(47)29(21-45-32-14-4-8-23-10-6-18-43-36(23)32)39(27)51-40-28(35)20-31(42)38(48)30(40)22-46-33-15-5-9-24-11-7-19-44-37(24)33/h2-20,45-47H,21-22H2,1H3. The quantitative estimate of drug-likeness (QED) is 0.106. The Morgan fingerprint density at radius 1 is 0.784 bits per heavy atom. The zero-order valence-corrected chi connectivity index (χ0v) is 28.0. The van der Waals surface area contributed by atoms with Crippen LogP contribution in [-0.4, -0.2) is 28.2 Å². The fraction of sp³-hybridized carbons (Fsp3) is 0.0732. The van der Waals surface area contributed by atoms with E-state index in [1.165, 1.54) is 7.11 Å². The molecule has 2 aromatic heterocycles. The van der Waals surface area contributed by atoms with Gasteiger partial charge in [0.25, 0.3) is 0 Å². The second-order valence-corrected chi connectivity index (χ2v) is 12.4. The highest BCUT2D eigenvalue weighted by Crippen LogP contribution is 2.46. The fourth-order valence-electron chi connectivity index (χ4n) is 6.62. The van der Waals surface area contributed by atoms with E-state index in [0.29, 0.717) is 38.8 Å². The van der Waals surface area contributed by atoms with Gasteiger partial charge in [-0.05, 0) is 54.1 Å². The van der Waals surface area contributed by atoms with Crippen molar-refractivity contribution in [1.82, 2.24) is 9.97 Å². The number of aromatic hydroxyl groups is 1. The molecule has 0 saturated carbocycles. The molecule has 0 unspecified atom stereocenters. The van der Waals surface area contributed by atoms with E-state index < -0.39 is 11.4 Å². The van der Waals surface area contributed by atoms with Crippen molar-refractivity contribution in [3.8, 4) is 28.2 Å². The summed E-state index contributed by atoms with van der Waals surface area (Å²) in [7, 11) is 1.33. The maximum Gasteiger partial charge on any atom is 0.338 e. The Bertz CT molecular complexity index is 2660. The molecule has 3 N–H and O–H groups in total. The number of ether oxygens (including phenoxy) is 1. The van der Waals surface area contributed by atoms with E-state index in [-0.39, 0.29) is 35.2 Å². The lowest BCUT2D eigenvalue weighted by Gasteiger charge is -2.22. The Labute approximate surface area is 296 Å². The van der Waals surface area contributed by atoms with E-state index in [2.05, 4.69) is 20.6 Å². The zero-order valence-electron chi connectivity index (χ0n) is 27.2. The topological polar surface area (TPSA) is 127 Å². The third kappa shape index (κ3) is 5.63. The van der Waals surface area contributed by atoms with Gasteiger partial charge in [-0.15, -0.1) is 0 Å². The maximum absolute atomic E-state index is 13.9. The number of hydrogen-bond donors (Lipinski definition) is 3. The molecule has 3 heterocycles. The first-order valence-electron chi connectivity index (χ1n) is 16.2. The van der Waals surface area contributed by atoms with Gasteiger partial charge >= 0.3 is 5.97 Å². The number of carbonyl (C=O) groups excluding carboxylic acids is 1. The number of phenols is 1. The summed E-state index contributed by atoms with van der Waals surface area (Å²) in [5.74, 6) is -0.295. The van der Waals surface area contributed by atoms with Crippen LogP contribution in [0.5, 0.6) is 5.75 Å². The summed E-state index contributed by atoms with van der Waals surface area (Å²) in [6.07, 6.45) is 3.44. The minimum absolute atomic E-state index is 0.00850. The van der Waals surface area contributed by atoms with Crippen molar-refractivity contribution in [2.45, 2.75) is 13.1 Å². The van der Waals surface area contributed by atoms with Crippen LogP contribution in [0.15, 0.2) is 125 Å². The molecule has 0 bridgehead atoms. The molecule has 1 aliphatic carbocycles. The van der Waals surface area contributed by atoms with Crippen LogP contribution in [0, 0.1) is 0 Å². The van der Waals surface area contributed by atoms with E-state index in [1.807, 2.05) is 72.8 Å². The number of methoxy groups -OCH3 is 1. The van der Waals surface area contributed by atoms with Gasteiger partial charge in [0, 0.05) is 52.8 Å². The minimum atomic E-state index is -0.534. The van der Waals surface area contributed by atoms with Crippen LogP contribution >= 0.6 is 11.6 Å². The molecule has 51 heavy (non-hydrogen) atoms. The van der Waals surface area contributed by atoms with Gasteiger partial charge in [-0.25, -0.2) is 4.79 Å². The highest BCUT2D eigenvalue weighted by molar-refractivity contribution is 6.31. The smallest absolute Gasteiger partial charge is 0.338 e. The summed E-state index contributed by atoms with van der Waals surface area (Å²) >= 11 is 6.69. The number of rotatable bonds is 8. The molecular weight excluding hydrogens is 664 g/mol. The number of nitrogens with one attached hydrogen (secondary N) is 2. The lowest BCUT2D eigenvalue weighted by molar-refractivity contribution is 0.0601. The first-order valence-corrected chi connectivity index (χ1v) is 16.6. The predicted molar refractivity (Wildman–Crippen MR) is 201 cm³/mol. The molecule has 0 radical (unpaired) electrons. The molecule has 0 saturated heterocycles. The van der Waals surface area contributed by atoms with Crippen molar-refractivity contribution < 1.29 is 19.1 Å². The Kier molecular flexibility index (Phi) is 8.17. The Morgan fingerprint density at radius 2 is 1.41 bits per heavy atom. The van der Waals surface area contributed by atoms with Crippen molar-refractivity contribution in [1.29, 1.82) is 0 Å². The van der Waals surface area contributed by atoms with Crippen molar-refractivity contribution in [3.63, 3.8) is 0 Å². The number of aromatic nitrogens is 2. The molecule has 6 aromatic rings. The van der Waals surface area contributed by atoms with E-state index in [4.69, 9.17) is 20.8 Å². The SMILES string of the molecule is COC(=O)c1ccccc1-c1c2cc(Cl)c(=O)c(CNc3cccc4cccnc34)c-2oc2c(CNc3cccc4cccnc34)c(O)ccc12. The molecule has 1 aliphatic heterocycles. The van der Waals surface area contributed by atoms with Crippen molar-refractivity contribution in [2.75, 3.05) is 17.7 Å². The summed E-state index contributed by atoms with van der Waals surface area (Å²) in [6, 6.07) is 31.2. The Balaban J connectivity index is 1.36. The van der Waals surface area contributed by atoms with Crippen LogP contribution in [0.25, 0.3) is 55.2 Å². The third-order valence-electron chi connectivity index (χ3n) is 9.04. The number of esters is 1. The number of phenolic OH excluding ortho intramolecular Hbond substituents is 1. The number of benzene rings is 5. The normalized spacial score (nSPS) is 11.3. The summed E-state index contributed by atoms with van der Waals surface area (Å²) in [4.78, 5) is 36.1. The van der Waals surface area contributed by atoms with Crippen LogP contribution in [0.1, 0.15) is 21.5 Å². The van der Waals surface area contributed by atoms with E-state index in [0.717, 1.165) is 33.2 Å². The summed E-state index contributed by atoms with van der Waals surface area (Å²) < 4.78 is 11.9. The average Bonchev–Trinajstić information content (AvgIpc) is 3.17. The van der Waals surface area contributed by atoms with E-state index in [1.54, 1.807) is 42.7 Å². The molecule has 10 heteroatoms. The first-order chi connectivity index (χ1) is 24.9. The van der Waals surface area contributed by atoms with Gasteiger partial charge in [0.1, 0.15) is 17.1 Å². The largest absolute Gasteiger partial charge is 0.507 e. The first kappa shape index (κ1) is 31.8. The number of fused-ring (bicyclic) bond motifs is 4. The van der Waals surface area contributed by atoms with Crippen LogP contribution in [0.3, 0.4) is 0 Å². The third-order valence-corrected chi connectivity index (χ3v) is 9.32. The van der Waals surface area contributed by atoms with Crippen molar-refractivity contribution in [2.24, 2.45) is 0 Å². The van der Waals surface area contributed by atoms with E-state index in [9.17, 15) is 14.7 Å². The van der Waals surface area contributed by atoms with Gasteiger partial charge in [-0.1, -0.05) is 66.2 Å². The van der Waals surface area contributed by atoms with Crippen molar-refractivity contribution >= 4 is 61.7 Å². The second-order valence-electron chi connectivity index (χ2n) is 12.0. The molecule has 250 valence electrons. The molecule has 0 amide bonds. The number of carbonyl (C=O) groups is 1.